The molecule has 0 atom stereocenters. The average molecular weight is 435 g/mol. The Kier molecular flexibility index (Phi) is 5.79. The van der Waals surface area contributed by atoms with Crippen molar-refractivity contribution in [3.63, 3.8) is 0 Å². The predicted octanol–water partition coefficient (Wildman–Crippen LogP) is 2.31. The standard InChI is InChI=1S/CH3F3O3S.CHF3O2S2.Sn/c2*2-1(3,4)8(5,6)7;/h5-7H;(H,5,6,7);/q;;+2/p-2. The van der Waals surface area contributed by atoms with Gasteiger partial charge in [0.05, 0.1) is 0 Å². The Morgan fingerprint density at radius 1 is 1.00 bits per heavy atom. The van der Waals surface area contributed by atoms with Gasteiger partial charge in [0, 0.05) is 0 Å². The molecule has 0 aromatic heterocycles. The summed E-state index contributed by atoms with van der Waals surface area (Å²) in [7, 11) is -12.1. The van der Waals surface area contributed by atoms with Crippen LogP contribution in [-0.4, -0.2) is 48.7 Å². The van der Waals surface area contributed by atoms with Crippen LogP contribution in [0.25, 0.3) is 0 Å². The Hall–Kier alpha value is 0.909. The van der Waals surface area contributed by atoms with E-state index in [-0.39, 0.29) is 0 Å². The maximum absolute atomic E-state index is 11.7. The van der Waals surface area contributed by atoms with Gasteiger partial charge in [-0.25, -0.2) is 0 Å². The molecule has 17 heavy (non-hydrogen) atoms. The van der Waals surface area contributed by atoms with Gasteiger partial charge in [-0.15, -0.1) is 0 Å². The molecular formula is C2H2F6O5S3Sn. The number of hydrogen-bond acceptors (Lipinski definition) is 6. The molecule has 0 saturated carbocycles. The van der Waals surface area contributed by atoms with Crippen LogP contribution in [0.15, 0.2) is 0 Å². The van der Waals surface area contributed by atoms with E-state index in [1.165, 1.54) is 0 Å². The van der Waals surface area contributed by atoms with Crippen LogP contribution in [0.3, 0.4) is 0 Å². The summed E-state index contributed by atoms with van der Waals surface area (Å²) < 4.78 is 111. The molecule has 0 saturated heterocycles. The van der Waals surface area contributed by atoms with Gasteiger partial charge >= 0.3 is 105 Å². The minimum atomic E-state index is -5.67. The molecule has 0 aliphatic carbocycles. The van der Waals surface area contributed by atoms with Gasteiger partial charge in [0.25, 0.3) is 0 Å². The summed E-state index contributed by atoms with van der Waals surface area (Å²) in [6.45, 7) is 0. The van der Waals surface area contributed by atoms with Gasteiger partial charge in [-0.3, -0.25) is 0 Å². The van der Waals surface area contributed by atoms with Crippen LogP contribution in [0.5, 0.6) is 0 Å². The fraction of sp³-hybridized carbons (Fsp3) is 1.00. The number of halogens is 6. The molecule has 0 aromatic rings. The summed E-state index contributed by atoms with van der Waals surface area (Å²) in [6.07, 6.45) is 0. The third kappa shape index (κ3) is 5.19. The van der Waals surface area contributed by atoms with Crippen LogP contribution in [0.2, 0.25) is 0 Å². The maximum atomic E-state index is 11.7. The number of rotatable bonds is 4. The second-order valence-corrected chi connectivity index (χ2v) is 14.4. The second kappa shape index (κ2) is 5.49. The Morgan fingerprint density at radius 3 is 1.71 bits per heavy atom. The molecule has 2 N–H and O–H groups in total. The van der Waals surface area contributed by atoms with Crippen LogP contribution in [0.4, 0.5) is 26.3 Å². The van der Waals surface area contributed by atoms with Crippen molar-refractivity contribution in [3.05, 3.63) is 0 Å². The van der Waals surface area contributed by atoms with Crippen LogP contribution < -0.4 is 0 Å². The molecule has 2 radical (unpaired) electrons. The summed E-state index contributed by atoms with van der Waals surface area (Å²) in [4.78, 5) is 0. The van der Waals surface area contributed by atoms with Crippen molar-refractivity contribution in [1.82, 2.24) is 0 Å². The molecule has 0 bridgehead atoms. The zero-order valence-corrected chi connectivity index (χ0v) is 12.4. The first-order valence-electron chi connectivity index (χ1n) is 2.98. The van der Waals surface area contributed by atoms with Crippen molar-refractivity contribution < 1.29 is 46.4 Å². The van der Waals surface area contributed by atoms with E-state index < -0.39 is 58.9 Å². The fourth-order valence-electron chi connectivity index (χ4n) is 0.201. The van der Waals surface area contributed by atoms with Crippen LogP contribution in [0.1, 0.15) is 0 Å². The van der Waals surface area contributed by atoms with Gasteiger partial charge in [-0.1, -0.05) is 0 Å². The quantitative estimate of drug-likeness (QED) is 0.401. The van der Waals surface area contributed by atoms with Crippen molar-refractivity contribution in [2.75, 3.05) is 0 Å². The zero-order chi connectivity index (χ0) is 14.1. The molecule has 104 valence electrons. The van der Waals surface area contributed by atoms with E-state index in [0.29, 0.717) is 0 Å². The van der Waals surface area contributed by atoms with Crippen molar-refractivity contribution in [1.29, 1.82) is 0 Å². The van der Waals surface area contributed by atoms with Gasteiger partial charge in [0.15, 0.2) is 0 Å². The Balaban J connectivity index is 4.47. The van der Waals surface area contributed by atoms with E-state index >= 15 is 0 Å². The van der Waals surface area contributed by atoms with Crippen LogP contribution >= 0.6 is 18.8 Å². The van der Waals surface area contributed by atoms with Crippen molar-refractivity contribution in [3.8, 4) is 0 Å². The summed E-state index contributed by atoms with van der Waals surface area (Å²) in [5.41, 5.74) is -11.2. The zero-order valence-electron chi connectivity index (χ0n) is 7.11. The molecule has 15 heteroatoms. The SMILES string of the molecule is O=S(=O)([S][Sn][O]S(O)(O)C(F)(F)F)C(F)(F)F. The molecular weight excluding hydrogens is 433 g/mol. The molecule has 0 aromatic carbocycles. The predicted molar refractivity (Wildman–Crippen MR) is 48.3 cm³/mol. The second-order valence-electron chi connectivity index (χ2n) is 2.09. The third-order valence-corrected chi connectivity index (χ3v) is 15.4. The summed E-state index contributed by atoms with van der Waals surface area (Å²) >= 11 is -3.32. The molecule has 0 unspecified atom stereocenters. The monoisotopic (exact) mass is 436 g/mol. The number of hydrogen-bond donors (Lipinski definition) is 2. The topological polar surface area (TPSA) is 83.8 Å². The van der Waals surface area contributed by atoms with Gasteiger partial charge in [0.2, 0.25) is 0 Å². The van der Waals surface area contributed by atoms with Gasteiger partial charge in [-0.05, 0) is 0 Å². The number of alkyl halides is 6. The Labute approximate surface area is 105 Å². The minimum absolute atomic E-state index is 0.876. The molecule has 0 amide bonds. The molecule has 0 spiro atoms. The van der Waals surface area contributed by atoms with E-state index in [9.17, 15) is 34.8 Å². The van der Waals surface area contributed by atoms with Gasteiger partial charge < -0.3 is 0 Å². The third-order valence-electron chi connectivity index (χ3n) is 0.879. The molecule has 0 rings (SSSR count). The van der Waals surface area contributed by atoms with Crippen molar-refractivity contribution >= 4 is 47.9 Å². The van der Waals surface area contributed by atoms with E-state index in [4.69, 9.17) is 9.11 Å². The first kappa shape index (κ1) is 17.9. The Morgan fingerprint density at radius 2 is 1.41 bits per heavy atom. The average Bonchev–Trinajstić information content (AvgIpc) is 1.98. The van der Waals surface area contributed by atoms with Gasteiger partial charge in [-0.2, -0.15) is 0 Å². The molecule has 0 fully saturated rings. The van der Waals surface area contributed by atoms with Crippen molar-refractivity contribution in [2.45, 2.75) is 11.0 Å². The Bertz CT molecular complexity index is 359. The van der Waals surface area contributed by atoms with E-state index in [1.807, 2.05) is 0 Å². The van der Waals surface area contributed by atoms with Gasteiger partial charge in [0.1, 0.15) is 0 Å². The molecule has 0 heterocycles. The van der Waals surface area contributed by atoms with Crippen LogP contribution in [-0.2, 0) is 11.4 Å². The van der Waals surface area contributed by atoms with E-state index in [1.54, 1.807) is 0 Å². The molecule has 0 aliphatic rings. The summed E-state index contributed by atoms with van der Waals surface area (Å²) in [5, 5.41) is 0. The first-order valence-corrected chi connectivity index (χ1v) is 11.9. The van der Waals surface area contributed by atoms with E-state index in [2.05, 4.69) is 2.52 Å². The first-order chi connectivity index (χ1) is 7.21. The fourth-order valence-corrected chi connectivity index (χ4v) is 11.9. The molecule has 0 aliphatic heterocycles. The summed E-state index contributed by atoms with van der Waals surface area (Å²) in [6, 6.07) is 0. The molecule has 5 nitrogen and oxygen atoms in total. The van der Waals surface area contributed by atoms with Crippen molar-refractivity contribution in [2.24, 2.45) is 0 Å². The van der Waals surface area contributed by atoms with E-state index in [0.717, 1.165) is 0 Å². The normalized spacial score (nSPS) is 16.0. The van der Waals surface area contributed by atoms with Crippen LogP contribution in [0, 0.1) is 0 Å². The summed E-state index contributed by atoms with van der Waals surface area (Å²) in [5.74, 6) is 0.